The average molecular weight is 518 g/mol. The number of carbonyl (C=O) groups excluding carboxylic acids is 1. The molecule has 0 radical (unpaired) electrons. The Morgan fingerprint density at radius 1 is 1.22 bits per heavy atom. The predicted molar refractivity (Wildman–Crippen MR) is 139 cm³/mol. The van der Waals surface area contributed by atoms with E-state index in [0.29, 0.717) is 12.3 Å². The fraction of sp³-hybridized carbons (Fsp3) is 0.741. The van der Waals surface area contributed by atoms with Crippen molar-refractivity contribution in [2.75, 3.05) is 13.7 Å². The number of rotatable bonds is 6. The molecule has 1 aliphatic heterocycles. The van der Waals surface area contributed by atoms with Crippen LogP contribution in [0.1, 0.15) is 88.5 Å². The summed E-state index contributed by atoms with van der Waals surface area (Å²) in [5, 5.41) is 11.9. The molecule has 8 nitrogen and oxygen atoms in total. The molecule has 5 rings (SSSR count). The van der Waals surface area contributed by atoms with Crippen molar-refractivity contribution in [2.24, 2.45) is 0 Å². The summed E-state index contributed by atoms with van der Waals surface area (Å²) in [5.74, 6) is 0.944. The molecule has 0 aromatic carbocycles. The molecule has 2 aromatic rings. The third-order valence-electron chi connectivity index (χ3n) is 7.77. The molecule has 2 fully saturated rings. The lowest BCUT2D eigenvalue weighted by Crippen LogP contribution is -2.43. The standard InChI is InChI=1S/C27H39N3O5S/c1-27(2,3)35-26(32)30(4)17-8-10-18(11-9-17)34-24-23-22-16(14-19(31)20-6-5-13-33-20)7-12-21(22)36-25(23)29-15-28-24/h15-20,31H,5-14H2,1-4H3. The maximum atomic E-state index is 12.5. The summed E-state index contributed by atoms with van der Waals surface area (Å²) in [7, 11) is 1.83. The number of aromatic nitrogens is 2. The number of hydrogen-bond donors (Lipinski definition) is 1. The number of amides is 1. The first-order chi connectivity index (χ1) is 17.2. The zero-order valence-electron chi connectivity index (χ0n) is 21.9. The summed E-state index contributed by atoms with van der Waals surface area (Å²) in [6, 6.07) is 0.152. The molecule has 9 heteroatoms. The number of nitrogens with zero attached hydrogens (tertiary/aromatic N) is 3. The van der Waals surface area contributed by atoms with Gasteiger partial charge in [-0.3, -0.25) is 0 Å². The zero-order chi connectivity index (χ0) is 25.4. The molecule has 1 saturated carbocycles. The highest BCUT2D eigenvalue weighted by molar-refractivity contribution is 7.19. The molecule has 0 spiro atoms. The van der Waals surface area contributed by atoms with Crippen LogP contribution in [0.5, 0.6) is 5.88 Å². The minimum atomic E-state index is -0.497. The van der Waals surface area contributed by atoms with Crippen molar-refractivity contribution >= 4 is 27.6 Å². The summed E-state index contributed by atoms with van der Waals surface area (Å²) in [5.41, 5.74) is 0.782. The van der Waals surface area contributed by atoms with Crippen molar-refractivity contribution in [1.29, 1.82) is 0 Å². The molecule has 1 N–H and O–H groups in total. The van der Waals surface area contributed by atoms with E-state index < -0.39 is 11.7 Å². The van der Waals surface area contributed by atoms with E-state index in [9.17, 15) is 9.90 Å². The Morgan fingerprint density at radius 3 is 2.69 bits per heavy atom. The molecular weight excluding hydrogens is 478 g/mol. The van der Waals surface area contributed by atoms with Crippen molar-refractivity contribution in [1.82, 2.24) is 14.9 Å². The zero-order valence-corrected chi connectivity index (χ0v) is 22.7. The molecule has 36 heavy (non-hydrogen) atoms. The van der Waals surface area contributed by atoms with Gasteiger partial charge in [-0.2, -0.15) is 0 Å². The fourth-order valence-electron chi connectivity index (χ4n) is 5.91. The SMILES string of the molecule is CN(C(=O)OC(C)(C)C)C1CCC(Oc2ncnc3sc4c(c23)C(CC(O)C2CCCO2)CC4)CC1. The molecular formula is C27H39N3O5S. The van der Waals surface area contributed by atoms with E-state index in [1.165, 1.54) is 10.4 Å². The van der Waals surface area contributed by atoms with E-state index >= 15 is 0 Å². The third kappa shape index (κ3) is 5.48. The quantitative estimate of drug-likeness (QED) is 0.562. The topological polar surface area (TPSA) is 94.0 Å². The van der Waals surface area contributed by atoms with Crippen molar-refractivity contribution in [3.63, 3.8) is 0 Å². The first-order valence-corrected chi connectivity index (χ1v) is 14.2. The van der Waals surface area contributed by atoms with Crippen LogP contribution in [0.15, 0.2) is 6.33 Å². The van der Waals surface area contributed by atoms with Gasteiger partial charge in [-0.15, -0.1) is 11.3 Å². The number of carbonyl (C=O) groups is 1. The predicted octanol–water partition coefficient (Wildman–Crippen LogP) is 5.21. The van der Waals surface area contributed by atoms with Gasteiger partial charge in [-0.1, -0.05) is 0 Å². The first kappa shape index (κ1) is 25.7. The summed E-state index contributed by atoms with van der Waals surface area (Å²) in [6.07, 6.45) is 9.08. The lowest BCUT2D eigenvalue weighted by atomic mass is 9.91. The maximum Gasteiger partial charge on any atom is 0.410 e. The van der Waals surface area contributed by atoms with Crippen LogP contribution in [0.3, 0.4) is 0 Å². The lowest BCUT2D eigenvalue weighted by molar-refractivity contribution is -0.00850. The van der Waals surface area contributed by atoms with Crippen molar-refractivity contribution in [3.05, 3.63) is 16.8 Å². The van der Waals surface area contributed by atoms with Crippen LogP contribution in [0.2, 0.25) is 0 Å². The largest absolute Gasteiger partial charge is 0.474 e. The molecule has 3 unspecified atom stereocenters. The van der Waals surface area contributed by atoms with Gasteiger partial charge in [0, 0.05) is 24.6 Å². The molecule has 3 atom stereocenters. The van der Waals surface area contributed by atoms with Gasteiger partial charge < -0.3 is 24.2 Å². The minimum Gasteiger partial charge on any atom is -0.474 e. The molecule has 2 aliphatic carbocycles. The number of aliphatic hydroxyl groups is 1. The van der Waals surface area contributed by atoms with Gasteiger partial charge >= 0.3 is 6.09 Å². The highest BCUT2D eigenvalue weighted by atomic mass is 32.1. The molecule has 3 aliphatic rings. The van der Waals surface area contributed by atoms with Crippen molar-refractivity contribution in [3.8, 4) is 5.88 Å². The third-order valence-corrected chi connectivity index (χ3v) is 8.94. The summed E-state index contributed by atoms with van der Waals surface area (Å²) < 4.78 is 17.8. The Labute approximate surface area is 217 Å². The Bertz CT molecular complexity index is 1070. The van der Waals surface area contributed by atoms with Crippen LogP contribution < -0.4 is 4.74 Å². The molecule has 2 aromatic heterocycles. The van der Waals surface area contributed by atoms with E-state index in [1.54, 1.807) is 22.6 Å². The summed E-state index contributed by atoms with van der Waals surface area (Å²) in [6.45, 7) is 6.42. The number of ether oxygens (including phenoxy) is 3. The number of hydrogen-bond acceptors (Lipinski definition) is 8. The highest BCUT2D eigenvalue weighted by Gasteiger charge is 2.35. The van der Waals surface area contributed by atoms with Gasteiger partial charge in [0.15, 0.2) is 0 Å². The van der Waals surface area contributed by atoms with Crippen molar-refractivity contribution < 1.29 is 24.1 Å². The maximum absolute atomic E-state index is 12.5. The monoisotopic (exact) mass is 517 g/mol. The lowest BCUT2D eigenvalue weighted by Gasteiger charge is -2.35. The van der Waals surface area contributed by atoms with Crippen LogP contribution in [-0.2, 0) is 15.9 Å². The Morgan fingerprint density at radius 2 is 2.00 bits per heavy atom. The molecule has 198 valence electrons. The Balaban J connectivity index is 1.26. The Hall–Kier alpha value is -1.97. The highest BCUT2D eigenvalue weighted by Crippen LogP contribution is 2.48. The molecule has 3 heterocycles. The van der Waals surface area contributed by atoms with Crippen LogP contribution in [0.25, 0.3) is 10.2 Å². The van der Waals surface area contributed by atoms with Crippen LogP contribution in [0.4, 0.5) is 4.79 Å². The second kappa shape index (κ2) is 10.4. The van der Waals surface area contributed by atoms with Crippen LogP contribution in [-0.4, -0.2) is 69.7 Å². The van der Waals surface area contributed by atoms with Gasteiger partial charge in [0.1, 0.15) is 22.9 Å². The second-order valence-corrected chi connectivity index (χ2v) is 12.6. The molecule has 1 saturated heterocycles. The van der Waals surface area contributed by atoms with Crippen molar-refractivity contribution in [2.45, 2.75) is 114 Å². The van der Waals surface area contributed by atoms with E-state index in [-0.39, 0.29) is 30.3 Å². The number of fused-ring (bicyclic) bond motifs is 3. The second-order valence-electron chi connectivity index (χ2n) is 11.5. The van der Waals surface area contributed by atoms with Crippen LogP contribution in [0, 0.1) is 0 Å². The fourth-order valence-corrected chi connectivity index (χ4v) is 7.14. The van der Waals surface area contributed by atoms with Gasteiger partial charge in [0.05, 0.1) is 17.6 Å². The number of aryl methyl sites for hydroxylation is 1. The molecule has 1 amide bonds. The number of aliphatic hydroxyl groups excluding tert-OH is 1. The van der Waals surface area contributed by atoms with E-state index in [0.717, 1.165) is 68.2 Å². The van der Waals surface area contributed by atoms with Gasteiger partial charge in [0.25, 0.3) is 0 Å². The first-order valence-electron chi connectivity index (χ1n) is 13.4. The van der Waals surface area contributed by atoms with Gasteiger partial charge in [-0.25, -0.2) is 14.8 Å². The smallest absolute Gasteiger partial charge is 0.410 e. The van der Waals surface area contributed by atoms with Gasteiger partial charge in [0.2, 0.25) is 5.88 Å². The Kier molecular flexibility index (Phi) is 7.43. The van der Waals surface area contributed by atoms with E-state index in [4.69, 9.17) is 14.2 Å². The van der Waals surface area contributed by atoms with Crippen LogP contribution >= 0.6 is 11.3 Å². The summed E-state index contributed by atoms with van der Waals surface area (Å²) >= 11 is 1.74. The van der Waals surface area contributed by atoms with E-state index in [1.807, 2.05) is 27.8 Å². The minimum absolute atomic E-state index is 0.0417. The van der Waals surface area contributed by atoms with Gasteiger partial charge in [-0.05, 0) is 90.0 Å². The molecule has 0 bridgehead atoms. The summed E-state index contributed by atoms with van der Waals surface area (Å²) in [4.78, 5) is 25.7. The normalized spacial score (nSPS) is 27.1. The van der Waals surface area contributed by atoms with E-state index in [2.05, 4.69) is 9.97 Å². The average Bonchev–Trinajstić information content (AvgIpc) is 3.56. The number of thiophene rings is 1.